The number of hydrogen-bond donors (Lipinski definition) is 2. The van der Waals surface area contributed by atoms with E-state index in [4.69, 9.17) is 11.5 Å². The van der Waals surface area contributed by atoms with Gasteiger partial charge in [-0.1, -0.05) is 20.3 Å². The summed E-state index contributed by atoms with van der Waals surface area (Å²) in [6, 6.07) is 0. The first-order chi connectivity index (χ1) is 8.33. The van der Waals surface area contributed by atoms with Crippen molar-refractivity contribution in [3.05, 3.63) is 0 Å². The number of rotatable bonds is 4. The fourth-order valence-electron chi connectivity index (χ4n) is 3.58. The van der Waals surface area contributed by atoms with Crippen LogP contribution in [0.4, 0.5) is 0 Å². The van der Waals surface area contributed by atoms with Gasteiger partial charge in [0.25, 0.3) is 0 Å². The Morgan fingerprint density at radius 3 is 2.67 bits per heavy atom. The van der Waals surface area contributed by atoms with Crippen molar-refractivity contribution in [2.24, 2.45) is 22.8 Å². The maximum atomic E-state index is 11.5. The summed E-state index contributed by atoms with van der Waals surface area (Å²) in [5.74, 6) is -0.0366. The van der Waals surface area contributed by atoms with Crippen LogP contribution >= 0.6 is 0 Å². The van der Waals surface area contributed by atoms with Crippen LogP contribution in [0.1, 0.15) is 46.0 Å². The van der Waals surface area contributed by atoms with Gasteiger partial charge in [-0.15, -0.1) is 0 Å². The molecule has 1 aliphatic heterocycles. The predicted molar refractivity (Wildman–Crippen MR) is 72.9 cm³/mol. The van der Waals surface area contributed by atoms with Crippen molar-refractivity contribution in [3.63, 3.8) is 0 Å². The lowest BCUT2D eigenvalue weighted by Crippen LogP contribution is -2.55. The van der Waals surface area contributed by atoms with E-state index in [1.807, 2.05) is 0 Å². The predicted octanol–water partition coefficient (Wildman–Crippen LogP) is 1.09. The molecule has 1 saturated carbocycles. The normalized spacial score (nSPS) is 36.1. The first kappa shape index (κ1) is 13.8. The van der Waals surface area contributed by atoms with Gasteiger partial charge in [-0.3, -0.25) is 4.79 Å². The smallest absolute Gasteiger partial charge is 0.237 e. The lowest BCUT2D eigenvalue weighted by atomic mass is 9.85. The summed E-state index contributed by atoms with van der Waals surface area (Å²) in [7, 11) is 0. The average Bonchev–Trinajstić information content (AvgIpc) is 2.80. The lowest BCUT2D eigenvalue weighted by molar-refractivity contribution is -0.124. The fourth-order valence-corrected chi connectivity index (χ4v) is 3.58. The van der Waals surface area contributed by atoms with E-state index in [1.165, 1.54) is 13.0 Å². The van der Waals surface area contributed by atoms with Crippen LogP contribution in [0.15, 0.2) is 0 Å². The molecule has 0 aromatic carbocycles. The summed E-state index contributed by atoms with van der Waals surface area (Å²) in [6.07, 6.45) is 5.13. The van der Waals surface area contributed by atoms with E-state index in [0.717, 1.165) is 38.8 Å². The van der Waals surface area contributed by atoms with Crippen LogP contribution in [0.25, 0.3) is 0 Å². The van der Waals surface area contributed by atoms with Gasteiger partial charge in [-0.2, -0.15) is 0 Å². The van der Waals surface area contributed by atoms with Crippen molar-refractivity contribution < 1.29 is 4.79 Å². The molecule has 1 saturated heterocycles. The average molecular weight is 253 g/mol. The van der Waals surface area contributed by atoms with Gasteiger partial charge in [0.1, 0.15) is 0 Å². The van der Waals surface area contributed by atoms with E-state index in [-0.39, 0.29) is 11.8 Å². The Hall–Kier alpha value is -0.610. The Balaban J connectivity index is 1.85. The zero-order valence-corrected chi connectivity index (χ0v) is 11.7. The summed E-state index contributed by atoms with van der Waals surface area (Å²) in [5, 5.41) is 0. The molecule has 4 heteroatoms. The summed E-state index contributed by atoms with van der Waals surface area (Å²) in [4.78, 5) is 14.0. The molecule has 2 unspecified atom stereocenters. The third-order valence-corrected chi connectivity index (χ3v) is 4.88. The van der Waals surface area contributed by atoms with Crippen LogP contribution < -0.4 is 11.5 Å². The third kappa shape index (κ3) is 2.69. The van der Waals surface area contributed by atoms with Crippen LogP contribution in [0, 0.1) is 11.3 Å². The molecule has 104 valence electrons. The molecular formula is C14H27N3O. The minimum Gasteiger partial charge on any atom is -0.368 e. The lowest BCUT2D eigenvalue weighted by Gasteiger charge is -2.29. The van der Waals surface area contributed by atoms with Crippen LogP contribution in [-0.4, -0.2) is 36.0 Å². The molecule has 18 heavy (non-hydrogen) atoms. The van der Waals surface area contributed by atoms with Crippen LogP contribution in [0.3, 0.4) is 0 Å². The number of nitrogens with zero attached hydrogens (tertiary/aromatic N) is 1. The van der Waals surface area contributed by atoms with Gasteiger partial charge < -0.3 is 16.4 Å². The van der Waals surface area contributed by atoms with E-state index in [9.17, 15) is 4.79 Å². The van der Waals surface area contributed by atoms with Crippen LogP contribution in [0.5, 0.6) is 0 Å². The van der Waals surface area contributed by atoms with Crippen molar-refractivity contribution in [2.75, 3.05) is 19.6 Å². The van der Waals surface area contributed by atoms with E-state index >= 15 is 0 Å². The maximum Gasteiger partial charge on any atom is 0.237 e. The van der Waals surface area contributed by atoms with Gasteiger partial charge in [0, 0.05) is 6.54 Å². The Bertz CT molecular complexity index is 329. The number of nitrogens with two attached hydrogens (primary N) is 2. The quantitative estimate of drug-likeness (QED) is 0.788. The van der Waals surface area contributed by atoms with Gasteiger partial charge in [-0.25, -0.2) is 0 Å². The summed E-state index contributed by atoms with van der Waals surface area (Å²) < 4.78 is 0. The molecule has 0 spiro atoms. The van der Waals surface area contributed by atoms with E-state index in [2.05, 4.69) is 18.7 Å². The monoisotopic (exact) mass is 253 g/mol. The molecule has 1 heterocycles. The van der Waals surface area contributed by atoms with E-state index < -0.39 is 5.54 Å². The molecular weight excluding hydrogens is 226 g/mol. The van der Waals surface area contributed by atoms with Crippen LogP contribution in [0.2, 0.25) is 0 Å². The maximum absolute atomic E-state index is 11.5. The molecule has 2 fully saturated rings. The Morgan fingerprint density at radius 2 is 2.11 bits per heavy atom. The van der Waals surface area contributed by atoms with E-state index in [0.29, 0.717) is 5.41 Å². The minimum absolute atomic E-state index is 0.277. The Kier molecular flexibility index (Phi) is 3.70. The summed E-state index contributed by atoms with van der Waals surface area (Å²) in [6.45, 7) is 8.03. The molecule has 4 nitrogen and oxygen atoms in total. The highest BCUT2D eigenvalue weighted by Gasteiger charge is 2.44. The Labute approximate surface area is 110 Å². The number of carbonyl (C=O) groups is 1. The van der Waals surface area contributed by atoms with Crippen molar-refractivity contribution in [1.82, 2.24) is 4.90 Å². The zero-order valence-electron chi connectivity index (χ0n) is 11.7. The number of hydrogen-bond acceptors (Lipinski definition) is 3. The summed E-state index contributed by atoms with van der Waals surface area (Å²) >= 11 is 0. The van der Waals surface area contributed by atoms with E-state index in [1.54, 1.807) is 0 Å². The second-order valence-electron chi connectivity index (χ2n) is 6.97. The van der Waals surface area contributed by atoms with Crippen LogP contribution in [-0.2, 0) is 4.79 Å². The molecule has 1 aliphatic carbocycles. The largest absolute Gasteiger partial charge is 0.368 e. The van der Waals surface area contributed by atoms with Crippen molar-refractivity contribution in [3.8, 4) is 0 Å². The molecule has 0 aromatic rings. The first-order valence-corrected chi connectivity index (χ1v) is 7.15. The van der Waals surface area contributed by atoms with Gasteiger partial charge in [-0.05, 0) is 50.1 Å². The highest BCUT2D eigenvalue weighted by molar-refractivity contribution is 5.85. The number of amides is 1. The Morgan fingerprint density at radius 1 is 1.39 bits per heavy atom. The number of primary amides is 1. The SMILES string of the molecule is CC1(C)CCN(CCC2CCCC2(N)C(N)=O)C1. The first-order valence-electron chi connectivity index (χ1n) is 7.15. The van der Waals surface area contributed by atoms with Gasteiger partial charge >= 0.3 is 0 Å². The number of carbonyl (C=O) groups excluding carboxylic acids is 1. The highest BCUT2D eigenvalue weighted by Crippen LogP contribution is 2.37. The highest BCUT2D eigenvalue weighted by atomic mass is 16.1. The molecule has 0 radical (unpaired) electrons. The summed E-state index contributed by atoms with van der Waals surface area (Å²) in [5.41, 5.74) is 11.4. The standard InChI is InChI=1S/C14H27N3O/c1-13(2)7-9-17(10-13)8-5-11-4-3-6-14(11,16)12(15)18/h11H,3-10,16H2,1-2H3,(H2,15,18). The van der Waals surface area contributed by atoms with Gasteiger partial charge in [0.2, 0.25) is 5.91 Å². The molecule has 2 aliphatic rings. The molecule has 2 atom stereocenters. The fraction of sp³-hybridized carbons (Fsp3) is 0.929. The van der Waals surface area contributed by atoms with Gasteiger partial charge in [0.05, 0.1) is 5.54 Å². The molecule has 0 aromatic heterocycles. The van der Waals surface area contributed by atoms with Crippen molar-refractivity contribution in [2.45, 2.75) is 51.5 Å². The molecule has 1 amide bonds. The minimum atomic E-state index is -0.741. The van der Waals surface area contributed by atoms with Crippen molar-refractivity contribution >= 4 is 5.91 Å². The second kappa shape index (κ2) is 4.82. The zero-order chi connectivity index (χ0) is 13.4. The topological polar surface area (TPSA) is 72.3 Å². The van der Waals surface area contributed by atoms with Gasteiger partial charge in [0.15, 0.2) is 0 Å². The molecule has 0 bridgehead atoms. The second-order valence-corrected chi connectivity index (χ2v) is 6.97. The van der Waals surface area contributed by atoms with Crippen molar-refractivity contribution in [1.29, 1.82) is 0 Å². The third-order valence-electron chi connectivity index (χ3n) is 4.88. The molecule has 4 N–H and O–H groups in total. The number of likely N-dealkylation sites (tertiary alicyclic amines) is 1. The molecule has 2 rings (SSSR count).